The molecule has 5 heteroatoms. The summed E-state index contributed by atoms with van der Waals surface area (Å²) in [6, 6.07) is 9.81. The van der Waals surface area contributed by atoms with Gasteiger partial charge in [0.2, 0.25) is 0 Å². The Morgan fingerprint density at radius 2 is 2.05 bits per heavy atom. The van der Waals surface area contributed by atoms with Crippen molar-refractivity contribution in [3.63, 3.8) is 0 Å². The molecule has 1 unspecified atom stereocenters. The zero-order valence-electron chi connectivity index (χ0n) is 10.1. The highest BCUT2D eigenvalue weighted by Gasteiger charge is 2.31. The van der Waals surface area contributed by atoms with Crippen LogP contribution in [0.4, 0.5) is 4.39 Å². The lowest BCUT2D eigenvalue weighted by Crippen LogP contribution is -2.30. The minimum Gasteiger partial charge on any atom is -0.321 e. The fourth-order valence-corrected chi connectivity index (χ4v) is 4.34. The summed E-state index contributed by atoms with van der Waals surface area (Å²) < 4.78 is 12.9. The number of hydrogen-bond acceptors (Lipinski definition) is 3. The molecule has 19 heavy (non-hydrogen) atoms. The van der Waals surface area contributed by atoms with E-state index in [2.05, 4.69) is 6.07 Å². The van der Waals surface area contributed by atoms with Crippen molar-refractivity contribution < 1.29 is 9.18 Å². The van der Waals surface area contributed by atoms with E-state index in [0.717, 1.165) is 12.3 Å². The third-order valence-corrected chi connectivity index (χ3v) is 5.35. The second-order valence-corrected chi connectivity index (χ2v) is 6.41. The van der Waals surface area contributed by atoms with Crippen LogP contribution in [0.5, 0.6) is 0 Å². The third kappa shape index (κ3) is 2.53. The molecule has 0 spiro atoms. The molecule has 1 aliphatic heterocycles. The van der Waals surface area contributed by atoms with Gasteiger partial charge in [0.15, 0.2) is 0 Å². The number of thiophene rings is 1. The van der Waals surface area contributed by atoms with E-state index in [4.69, 9.17) is 0 Å². The average Bonchev–Trinajstić information content (AvgIpc) is 3.09. The molecule has 0 radical (unpaired) electrons. The summed E-state index contributed by atoms with van der Waals surface area (Å²) in [5.41, 5.74) is 0.547. The Morgan fingerprint density at radius 3 is 2.74 bits per heavy atom. The van der Waals surface area contributed by atoms with E-state index in [0.29, 0.717) is 5.56 Å². The Bertz CT molecular complexity index is 568. The van der Waals surface area contributed by atoms with Crippen LogP contribution in [0.3, 0.4) is 0 Å². The summed E-state index contributed by atoms with van der Waals surface area (Å²) in [6.45, 7) is 0.740. The summed E-state index contributed by atoms with van der Waals surface area (Å²) in [7, 11) is 0. The van der Waals surface area contributed by atoms with Crippen molar-refractivity contribution >= 4 is 29.0 Å². The van der Waals surface area contributed by atoms with E-state index in [1.807, 2.05) is 16.3 Å². The van der Waals surface area contributed by atoms with Crippen molar-refractivity contribution in [1.82, 2.24) is 4.90 Å². The maximum absolute atomic E-state index is 12.9. The SMILES string of the molecule is O=C(c1ccc(F)cc1)N1CCSC1c1cccs1. The van der Waals surface area contributed by atoms with E-state index in [1.54, 1.807) is 35.2 Å². The molecular weight excluding hydrogens is 281 g/mol. The van der Waals surface area contributed by atoms with E-state index in [-0.39, 0.29) is 17.1 Å². The molecule has 2 aromatic rings. The molecule has 3 rings (SSSR count). The van der Waals surface area contributed by atoms with Gasteiger partial charge in [-0.1, -0.05) is 6.07 Å². The van der Waals surface area contributed by atoms with E-state index in [9.17, 15) is 9.18 Å². The molecule has 1 saturated heterocycles. The fourth-order valence-electron chi connectivity index (χ4n) is 2.10. The monoisotopic (exact) mass is 293 g/mol. The minimum absolute atomic E-state index is 0.0246. The summed E-state index contributed by atoms with van der Waals surface area (Å²) >= 11 is 3.44. The highest BCUT2D eigenvalue weighted by atomic mass is 32.2. The maximum Gasteiger partial charge on any atom is 0.255 e. The number of hydrogen-bond donors (Lipinski definition) is 0. The van der Waals surface area contributed by atoms with Crippen LogP contribution in [-0.4, -0.2) is 23.1 Å². The first kappa shape index (κ1) is 12.7. The Hall–Kier alpha value is -1.33. The lowest BCUT2D eigenvalue weighted by atomic mass is 10.2. The summed E-state index contributed by atoms with van der Waals surface area (Å²) in [6.07, 6.45) is 0. The molecular formula is C14H12FNOS2. The first-order chi connectivity index (χ1) is 9.25. The zero-order valence-corrected chi connectivity index (χ0v) is 11.7. The molecule has 1 aromatic heterocycles. The lowest BCUT2D eigenvalue weighted by molar-refractivity contribution is 0.0762. The molecule has 2 heterocycles. The number of rotatable bonds is 2. The van der Waals surface area contributed by atoms with Crippen LogP contribution in [0, 0.1) is 5.82 Å². The molecule has 0 saturated carbocycles. The first-order valence-electron chi connectivity index (χ1n) is 5.97. The van der Waals surface area contributed by atoms with Gasteiger partial charge in [0.25, 0.3) is 5.91 Å². The Balaban J connectivity index is 1.84. The number of benzene rings is 1. The smallest absolute Gasteiger partial charge is 0.255 e. The van der Waals surface area contributed by atoms with Gasteiger partial charge in [-0.3, -0.25) is 4.79 Å². The van der Waals surface area contributed by atoms with Crippen LogP contribution in [0.15, 0.2) is 41.8 Å². The van der Waals surface area contributed by atoms with E-state index in [1.165, 1.54) is 17.0 Å². The van der Waals surface area contributed by atoms with Gasteiger partial charge in [-0.15, -0.1) is 23.1 Å². The van der Waals surface area contributed by atoms with Gasteiger partial charge in [-0.05, 0) is 35.7 Å². The summed E-state index contributed by atoms with van der Waals surface area (Å²) in [5, 5.41) is 2.12. The number of carbonyl (C=O) groups is 1. The Labute approximate surface area is 119 Å². The van der Waals surface area contributed by atoms with Crippen molar-refractivity contribution in [2.45, 2.75) is 5.37 Å². The van der Waals surface area contributed by atoms with Crippen molar-refractivity contribution in [1.29, 1.82) is 0 Å². The number of carbonyl (C=O) groups excluding carboxylic acids is 1. The molecule has 0 N–H and O–H groups in total. The maximum atomic E-state index is 12.9. The number of halogens is 1. The molecule has 1 aromatic carbocycles. The highest BCUT2D eigenvalue weighted by Crippen LogP contribution is 2.40. The number of thioether (sulfide) groups is 1. The van der Waals surface area contributed by atoms with E-state index < -0.39 is 0 Å². The van der Waals surface area contributed by atoms with Crippen LogP contribution in [0.2, 0.25) is 0 Å². The van der Waals surface area contributed by atoms with Gasteiger partial charge in [0, 0.05) is 22.7 Å². The normalized spacial score (nSPS) is 18.8. The van der Waals surface area contributed by atoms with Crippen molar-refractivity contribution in [2.75, 3.05) is 12.3 Å². The molecule has 2 nitrogen and oxygen atoms in total. The van der Waals surface area contributed by atoms with E-state index >= 15 is 0 Å². The Morgan fingerprint density at radius 1 is 1.26 bits per heavy atom. The number of nitrogens with zero attached hydrogens (tertiary/aromatic N) is 1. The third-order valence-electron chi connectivity index (χ3n) is 3.03. The molecule has 1 aliphatic rings. The minimum atomic E-state index is -0.317. The van der Waals surface area contributed by atoms with Crippen molar-refractivity contribution in [2.24, 2.45) is 0 Å². The number of amides is 1. The molecule has 0 aliphatic carbocycles. The Kier molecular flexibility index (Phi) is 3.57. The topological polar surface area (TPSA) is 20.3 Å². The zero-order chi connectivity index (χ0) is 13.2. The predicted octanol–water partition coefficient (Wildman–Crippen LogP) is 3.78. The van der Waals surface area contributed by atoms with Gasteiger partial charge in [-0.25, -0.2) is 4.39 Å². The second kappa shape index (κ2) is 5.35. The van der Waals surface area contributed by atoms with Gasteiger partial charge in [-0.2, -0.15) is 0 Å². The van der Waals surface area contributed by atoms with Gasteiger partial charge >= 0.3 is 0 Å². The van der Waals surface area contributed by atoms with Gasteiger partial charge < -0.3 is 4.90 Å². The summed E-state index contributed by atoms with van der Waals surface area (Å²) in [4.78, 5) is 15.5. The van der Waals surface area contributed by atoms with Gasteiger partial charge in [0.05, 0.1) is 0 Å². The fraction of sp³-hybridized carbons (Fsp3) is 0.214. The van der Waals surface area contributed by atoms with Gasteiger partial charge in [0.1, 0.15) is 11.2 Å². The molecule has 98 valence electrons. The standard InChI is InChI=1S/C14H12FNOS2/c15-11-5-3-10(4-6-11)13(17)16-7-9-19-14(16)12-2-1-8-18-12/h1-6,8,14H,7,9H2. The molecule has 1 atom stereocenters. The van der Waals surface area contributed by atoms with Crippen LogP contribution in [0.1, 0.15) is 20.6 Å². The first-order valence-corrected chi connectivity index (χ1v) is 7.90. The average molecular weight is 293 g/mol. The van der Waals surface area contributed by atoms with Crippen molar-refractivity contribution in [3.05, 3.63) is 58.0 Å². The highest BCUT2D eigenvalue weighted by molar-refractivity contribution is 7.99. The van der Waals surface area contributed by atoms with Crippen molar-refractivity contribution in [3.8, 4) is 0 Å². The van der Waals surface area contributed by atoms with Crippen LogP contribution < -0.4 is 0 Å². The predicted molar refractivity (Wildman–Crippen MR) is 77.0 cm³/mol. The lowest BCUT2D eigenvalue weighted by Gasteiger charge is -2.23. The van der Waals surface area contributed by atoms with Crippen LogP contribution in [0.25, 0.3) is 0 Å². The molecule has 1 amide bonds. The second-order valence-electron chi connectivity index (χ2n) is 4.24. The quantitative estimate of drug-likeness (QED) is 0.840. The summed E-state index contributed by atoms with van der Waals surface area (Å²) in [5.74, 6) is 0.598. The largest absolute Gasteiger partial charge is 0.321 e. The van der Waals surface area contributed by atoms with Crippen LogP contribution in [-0.2, 0) is 0 Å². The van der Waals surface area contributed by atoms with Crippen LogP contribution >= 0.6 is 23.1 Å². The molecule has 1 fully saturated rings. The molecule has 0 bridgehead atoms.